The van der Waals surface area contributed by atoms with Gasteiger partial charge in [-0.05, 0) is 68.6 Å². The third-order valence-corrected chi connectivity index (χ3v) is 5.00. The van der Waals surface area contributed by atoms with Gasteiger partial charge in [-0.2, -0.15) is 0 Å². The van der Waals surface area contributed by atoms with Gasteiger partial charge < -0.3 is 10.5 Å². The number of carbonyl (C=O) groups excluding carboxylic acids is 1. The van der Waals surface area contributed by atoms with Crippen LogP contribution in [-0.4, -0.2) is 11.0 Å². The van der Waals surface area contributed by atoms with Crippen LogP contribution in [-0.2, 0) is 4.79 Å². The van der Waals surface area contributed by atoms with Gasteiger partial charge in [-0.25, -0.2) is 4.98 Å². The number of esters is 1. The van der Waals surface area contributed by atoms with Crippen molar-refractivity contribution in [2.24, 2.45) is 5.41 Å². The first kappa shape index (κ1) is 14.9. The van der Waals surface area contributed by atoms with Gasteiger partial charge in [0.1, 0.15) is 4.60 Å². The Kier molecular flexibility index (Phi) is 4.60. The minimum atomic E-state index is -0.606. The molecule has 7 heteroatoms. The van der Waals surface area contributed by atoms with Crippen molar-refractivity contribution in [1.82, 2.24) is 4.98 Å². The second kappa shape index (κ2) is 5.24. The molecule has 17 heavy (non-hydrogen) atoms. The van der Waals surface area contributed by atoms with Crippen LogP contribution in [0.5, 0.6) is 5.75 Å². The lowest BCUT2D eigenvalue weighted by Crippen LogP contribution is -2.26. The smallest absolute Gasteiger partial charge is 0.316 e. The van der Waals surface area contributed by atoms with Crippen molar-refractivity contribution >= 4 is 59.6 Å². The number of hydrogen-bond donors (Lipinski definition) is 1. The summed E-state index contributed by atoms with van der Waals surface area (Å²) in [6, 6.07) is 0. The number of ether oxygens (including phenoxy) is 1. The highest BCUT2D eigenvalue weighted by Crippen LogP contribution is 2.40. The van der Waals surface area contributed by atoms with Crippen molar-refractivity contribution in [3.8, 4) is 5.75 Å². The molecule has 2 N–H and O–H groups in total. The fourth-order valence-corrected chi connectivity index (χ4v) is 2.25. The molecule has 0 atom stereocenters. The van der Waals surface area contributed by atoms with E-state index >= 15 is 0 Å². The molecule has 1 aromatic heterocycles. The maximum atomic E-state index is 11.8. The Hall–Kier alpha value is -0.140. The number of anilines is 1. The van der Waals surface area contributed by atoms with Crippen LogP contribution in [0.3, 0.4) is 0 Å². The van der Waals surface area contributed by atoms with Crippen LogP contribution in [0, 0.1) is 5.41 Å². The summed E-state index contributed by atoms with van der Waals surface area (Å²) >= 11 is 9.83. The number of pyridine rings is 1. The molecular formula is C10H11Br3N2O2. The van der Waals surface area contributed by atoms with E-state index in [1.54, 1.807) is 20.8 Å². The molecule has 0 bridgehead atoms. The zero-order chi connectivity index (χ0) is 13.4. The average Bonchev–Trinajstić information content (AvgIpc) is 2.19. The monoisotopic (exact) mass is 428 g/mol. The lowest BCUT2D eigenvalue weighted by Gasteiger charge is -2.18. The highest BCUT2D eigenvalue weighted by Gasteiger charge is 2.26. The molecule has 0 radical (unpaired) electrons. The molecule has 4 nitrogen and oxygen atoms in total. The molecule has 1 heterocycles. The molecule has 0 unspecified atom stereocenters. The third-order valence-electron chi connectivity index (χ3n) is 1.83. The Bertz CT molecular complexity index is 470. The van der Waals surface area contributed by atoms with E-state index in [2.05, 4.69) is 52.8 Å². The maximum absolute atomic E-state index is 11.8. The standard InChI is InChI=1S/C10H11Br3N2O2/c1-10(2,3)9(16)17-6-4(11)5(12)7(13)15-8(6)14/h1-3H3,(H2,14,15). The molecule has 0 spiro atoms. The minimum Gasteiger partial charge on any atom is -0.421 e. The first-order chi connectivity index (χ1) is 7.64. The topological polar surface area (TPSA) is 65.2 Å². The van der Waals surface area contributed by atoms with Gasteiger partial charge in [0, 0.05) is 0 Å². The maximum Gasteiger partial charge on any atom is 0.316 e. The molecule has 0 aliphatic heterocycles. The van der Waals surface area contributed by atoms with Crippen LogP contribution in [0.25, 0.3) is 0 Å². The van der Waals surface area contributed by atoms with Crippen molar-refractivity contribution < 1.29 is 9.53 Å². The third kappa shape index (κ3) is 3.42. The summed E-state index contributed by atoms with van der Waals surface area (Å²) < 4.78 is 6.98. The van der Waals surface area contributed by atoms with Crippen molar-refractivity contribution in [3.63, 3.8) is 0 Å². The van der Waals surface area contributed by atoms with E-state index in [1.807, 2.05) is 0 Å². The van der Waals surface area contributed by atoms with Crippen LogP contribution in [0.1, 0.15) is 20.8 Å². The van der Waals surface area contributed by atoms with Gasteiger partial charge >= 0.3 is 5.97 Å². The van der Waals surface area contributed by atoms with E-state index in [-0.39, 0.29) is 17.5 Å². The molecule has 0 amide bonds. The molecule has 0 aliphatic carbocycles. The van der Waals surface area contributed by atoms with Crippen molar-refractivity contribution in [2.75, 3.05) is 5.73 Å². The predicted molar refractivity (Wildman–Crippen MR) is 76.8 cm³/mol. The van der Waals surface area contributed by atoms with Crippen LogP contribution in [0.4, 0.5) is 5.82 Å². The van der Waals surface area contributed by atoms with E-state index in [4.69, 9.17) is 10.5 Å². The Morgan fingerprint density at radius 1 is 1.24 bits per heavy atom. The van der Waals surface area contributed by atoms with E-state index < -0.39 is 5.41 Å². The summed E-state index contributed by atoms with van der Waals surface area (Å²) in [6.07, 6.45) is 0. The molecule has 0 saturated carbocycles. The van der Waals surface area contributed by atoms with Gasteiger partial charge in [-0.15, -0.1) is 0 Å². The second-order valence-electron chi connectivity index (χ2n) is 4.38. The normalized spacial score (nSPS) is 11.4. The Morgan fingerprint density at radius 3 is 2.24 bits per heavy atom. The molecule has 94 valence electrons. The first-order valence-electron chi connectivity index (χ1n) is 4.67. The van der Waals surface area contributed by atoms with Crippen LogP contribution < -0.4 is 10.5 Å². The Labute approximate surface area is 125 Å². The number of nitrogens with zero attached hydrogens (tertiary/aromatic N) is 1. The number of nitrogen functional groups attached to an aromatic ring is 1. The van der Waals surface area contributed by atoms with Crippen LogP contribution >= 0.6 is 47.8 Å². The van der Waals surface area contributed by atoms with Crippen LogP contribution in [0.15, 0.2) is 13.5 Å². The van der Waals surface area contributed by atoms with E-state index in [9.17, 15) is 4.79 Å². The minimum absolute atomic E-state index is 0.143. The van der Waals surface area contributed by atoms with E-state index in [1.165, 1.54) is 0 Å². The summed E-state index contributed by atoms with van der Waals surface area (Å²) in [7, 11) is 0. The Morgan fingerprint density at radius 2 is 1.76 bits per heavy atom. The molecular weight excluding hydrogens is 420 g/mol. The fraction of sp³-hybridized carbons (Fsp3) is 0.400. The van der Waals surface area contributed by atoms with Gasteiger partial charge in [0.25, 0.3) is 0 Å². The number of aromatic nitrogens is 1. The largest absolute Gasteiger partial charge is 0.421 e. The summed E-state index contributed by atoms with van der Waals surface area (Å²) in [4.78, 5) is 15.8. The number of halogens is 3. The zero-order valence-corrected chi connectivity index (χ0v) is 14.2. The summed E-state index contributed by atoms with van der Waals surface area (Å²) in [6.45, 7) is 5.29. The number of nitrogens with two attached hydrogens (primary N) is 1. The SMILES string of the molecule is CC(C)(C)C(=O)Oc1c(N)nc(Br)c(Br)c1Br. The number of hydrogen-bond acceptors (Lipinski definition) is 4. The van der Waals surface area contributed by atoms with Gasteiger partial charge in [0.2, 0.25) is 0 Å². The average molecular weight is 431 g/mol. The van der Waals surface area contributed by atoms with Crippen LogP contribution in [0.2, 0.25) is 0 Å². The highest BCUT2D eigenvalue weighted by atomic mass is 79.9. The van der Waals surface area contributed by atoms with Gasteiger partial charge in [0.15, 0.2) is 11.6 Å². The number of carbonyl (C=O) groups is 1. The predicted octanol–water partition coefficient (Wildman–Crippen LogP) is 3.90. The molecule has 0 saturated heterocycles. The van der Waals surface area contributed by atoms with E-state index in [0.717, 1.165) is 0 Å². The summed E-state index contributed by atoms with van der Waals surface area (Å²) in [5.41, 5.74) is 5.11. The molecule has 0 fully saturated rings. The Balaban J connectivity index is 3.17. The van der Waals surface area contributed by atoms with E-state index in [0.29, 0.717) is 13.5 Å². The molecule has 1 aromatic rings. The quantitative estimate of drug-likeness (QED) is 0.542. The van der Waals surface area contributed by atoms with Crippen molar-refractivity contribution in [3.05, 3.63) is 13.5 Å². The molecule has 0 aromatic carbocycles. The first-order valence-corrected chi connectivity index (χ1v) is 7.04. The summed E-state index contributed by atoms with van der Waals surface area (Å²) in [5.74, 6) is -0.00882. The lowest BCUT2D eigenvalue weighted by molar-refractivity contribution is -0.143. The van der Waals surface area contributed by atoms with Crippen molar-refractivity contribution in [1.29, 1.82) is 0 Å². The zero-order valence-electron chi connectivity index (χ0n) is 9.47. The molecule has 1 rings (SSSR count). The molecule has 0 aliphatic rings. The highest BCUT2D eigenvalue weighted by molar-refractivity contribution is 9.14. The number of rotatable bonds is 1. The van der Waals surface area contributed by atoms with Gasteiger partial charge in [-0.3, -0.25) is 4.79 Å². The van der Waals surface area contributed by atoms with Gasteiger partial charge in [-0.1, -0.05) is 0 Å². The summed E-state index contributed by atoms with van der Waals surface area (Å²) in [5, 5.41) is 0. The second-order valence-corrected chi connectivity index (χ2v) is 6.72. The van der Waals surface area contributed by atoms with Crippen molar-refractivity contribution in [2.45, 2.75) is 20.8 Å². The fourth-order valence-electron chi connectivity index (χ4n) is 0.851. The lowest BCUT2D eigenvalue weighted by atomic mass is 9.97. The van der Waals surface area contributed by atoms with Gasteiger partial charge in [0.05, 0.1) is 14.4 Å².